The number of ether oxygens (including phenoxy) is 1. The van der Waals surface area contributed by atoms with E-state index in [2.05, 4.69) is 5.10 Å². The standard InChI is InChI=1S/C27H31N3O5/c1-4-35-24(33)16-15-23(32)29(17-19(2)3)18-22(31)25-26(20-11-7-5-8-12-20)28-30(27(25)34)21-13-9-6-10-14-21/h5-14,19,28H,4,15-18H2,1-3H3. The maximum absolute atomic E-state index is 13.5. The molecule has 184 valence electrons. The number of rotatable bonds is 11. The molecule has 0 bridgehead atoms. The number of hydrogen-bond acceptors (Lipinski definition) is 5. The third-order valence-corrected chi connectivity index (χ3v) is 5.37. The predicted octanol–water partition coefficient (Wildman–Crippen LogP) is 3.84. The summed E-state index contributed by atoms with van der Waals surface area (Å²) >= 11 is 0. The Hall–Kier alpha value is -3.94. The first-order valence-electron chi connectivity index (χ1n) is 11.7. The van der Waals surface area contributed by atoms with Gasteiger partial charge in [-0.3, -0.25) is 24.3 Å². The number of aromatic nitrogens is 2. The van der Waals surface area contributed by atoms with Gasteiger partial charge in [0.05, 0.1) is 31.0 Å². The van der Waals surface area contributed by atoms with Crippen LogP contribution in [-0.4, -0.2) is 52.0 Å². The maximum atomic E-state index is 13.5. The van der Waals surface area contributed by atoms with Crippen LogP contribution in [0.4, 0.5) is 0 Å². The van der Waals surface area contributed by atoms with Crippen LogP contribution in [0.15, 0.2) is 65.5 Å². The highest BCUT2D eigenvalue weighted by molar-refractivity contribution is 6.04. The number of H-pyrrole nitrogens is 1. The minimum atomic E-state index is -0.483. The molecular formula is C27H31N3O5. The SMILES string of the molecule is CCOC(=O)CCC(=O)N(CC(=O)c1c(-c2ccccc2)[nH]n(-c2ccccc2)c1=O)CC(C)C. The highest BCUT2D eigenvalue weighted by atomic mass is 16.5. The molecule has 1 heterocycles. The molecular weight excluding hydrogens is 446 g/mol. The van der Waals surface area contributed by atoms with Gasteiger partial charge in [-0.15, -0.1) is 0 Å². The molecule has 3 rings (SSSR count). The molecule has 0 radical (unpaired) electrons. The number of nitrogens with one attached hydrogen (secondary N) is 1. The highest BCUT2D eigenvalue weighted by Crippen LogP contribution is 2.21. The fraction of sp³-hybridized carbons (Fsp3) is 0.333. The fourth-order valence-corrected chi connectivity index (χ4v) is 3.82. The van der Waals surface area contributed by atoms with Gasteiger partial charge in [0.15, 0.2) is 5.78 Å². The number of Topliss-reactive ketones (excluding diaryl/α,β-unsaturated/α-hetero) is 1. The summed E-state index contributed by atoms with van der Waals surface area (Å²) in [6, 6.07) is 18.1. The Morgan fingerprint density at radius 3 is 2.20 bits per heavy atom. The molecule has 0 saturated heterocycles. The molecule has 1 aromatic heterocycles. The van der Waals surface area contributed by atoms with E-state index in [1.165, 1.54) is 9.58 Å². The summed E-state index contributed by atoms with van der Waals surface area (Å²) in [6.07, 6.45) is -0.124. The number of aromatic amines is 1. The zero-order chi connectivity index (χ0) is 25.4. The van der Waals surface area contributed by atoms with Gasteiger partial charge in [0.2, 0.25) is 5.91 Å². The zero-order valence-electron chi connectivity index (χ0n) is 20.3. The number of carbonyl (C=O) groups is 3. The number of ketones is 1. The summed E-state index contributed by atoms with van der Waals surface area (Å²) in [5, 5.41) is 3.08. The lowest BCUT2D eigenvalue weighted by atomic mass is 10.0. The van der Waals surface area contributed by atoms with Gasteiger partial charge < -0.3 is 9.64 Å². The highest BCUT2D eigenvalue weighted by Gasteiger charge is 2.27. The van der Waals surface area contributed by atoms with E-state index in [1.807, 2.05) is 50.2 Å². The van der Waals surface area contributed by atoms with Crippen molar-refractivity contribution in [1.29, 1.82) is 0 Å². The number of nitrogens with zero attached hydrogens (tertiary/aromatic N) is 2. The van der Waals surface area contributed by atoms with E-state index in [0.29, 0.717) is 23.5 Å². The van der Waals surface area contributed by atoms with Gasteiger partial charge in [-0.2, -0.15) is 0 Å². The summed E-state index contributed by atoms with van der Waals surface area (Å²) in [4.78, 5) is 53.0. The summed E-state index contributed by atoms with van der Waals surface area (Å²) in [5.74, 6) is -1.17. The number of esters is 1. The van der Waals surface area contributed by atoms with Crippen molar-refractivity contribution in [3.8, 4) is 16.9 Å². The lowest BCUT2D eigenvalue weighted by Gasteiger charge is -2.24. The Bertz CT molecular complexity index is 1210. The smallest absolute Gasteiger partial charge is 0.306 e. The number of para-hydroxylation sites is 1. The maximum Gasteiger partial charge on any atom is 0.306 e. The van der Waals surface area contributed by atoms with Gasteiger partial charge in [-0.05, 0) is 25.0 Å². The van der Waals surface area contributed by atoms with E-state index in [-0.39, 0.29) is 43.4 Å². The largest absolute Gasteiger partial charge is 0.466 e. The molecule has 0 atom stereocenters. The van der Waals surface area contributed by atoms with Crippen molar-refractivity contribution >= 4 is 17.7 Å². The van der Waals surface area contributed by atoms with Crippen LogP contribution in [-0.2, 0) is 14.3 Å². The van der Waals surface area contributed by atoms with Gasteiger partial charge in [-0.25, -0.2) is 4.68 Å². The first-order valence-corrected chi connectivity index (χ1v) is 11.7. The van der Waals surface area contributed by atoms with Gasteiger partial charge >= 0.3 is 5.97 Å². The summed E-state index contributed by atoms with van der Waals surface area (Å²) in [6.45, 7) is 5.87. The topological polar surface area (TPSA) is 101 Å². The van der Waals surface area contributed by atoms with Crippen molar-refractivity contribution in [2.45, 2.75) is 33.6 Å². The molecule has 1 amide bonds. The summed E-state index contributed by atoms with van der Waals surface area (Å²) in [7, 11) is 0. The monoisotopic (exact) mass is 477 g/mol. The van der Waals surface area contributed by atoms with E-state index < -0.39 is 17.3 Å². The molecule has 0 aliphatic heterocycles. The van der Waals surface area contributed by atoms with Crippen LogP contribution in [0.25, 0.3) is 16.9 Å². The van der Waals surface area contributed by atoms with E-state index >= 15 is 0 Å². The minimum absolute atomic E-state index is 0.00741. The third-order valence-electron chi connectivity index (χ3n) is 5.37. The van der Waals surface area contributed by atoms with Crippen molar-refractivity contribution in [2.24, 2.45) is 5.92 Å². The predicted molar refractivity (Wildman–Crippen MR) is 133 cm³/mol. The molecule has 0 fully saturated rings. The van der Waals surface area contributed by atoms with Crippen molar-refractivity contribution in [1.82, 2.24) is 14.7 Å². The Morgan fingerprint density at radius 2 is 1.60 bits per heavy atom. The normalized spacial score (nSPS) is 10.9. The fourth-order valence-electron chi connectivity index (χ4n) is 3.82. The Morgan fingerprint density at radius 1 is 0.971 bits per heavy atom. The Balaban J connectivity index is 1.95. The van der Waals surface area contributed by atoms with Crippen LogP contribution in [0.1, 0.15) is 44.0 Å². The second kappa shape index (κ2) is 12.0. The number of amides is 1. The lowest BCUT2D eigenvalue weighted by Crippen LogP contribution is -2.39. The molecule has 0 aliphatic rings. The number of carbonyl (C=O) groups excluding carboxylic acids is 3. The molecule has 0 saturated carbocycles. The van der Waals surface area contributed by atoms with Crippen molar-refractivity contribution in [3.05, 3.63) is 76.6 Å². The minimum Gasteiger partial charge on any atom is -0.466 e. The van der Waals surface area contributed by atoms with Gasteiger partial charge in [0.25, 0.3) is 5.56 Å². The molecule has 8 heteroatoms. The first-order chi connectivity index (χ1) is 16.8. The van der Waals surface area contributed by atoms with Crippen LogP contribution in [0.5, 0.6) is 0 Å². The van der Waals surface area contributed by atoms with E-state index in [1.54, 1.807) is 31.2 Å². The number of hydrogen-bond donors (Lipinski definition) is 1. The Labute approximate surface area is 204 Å². The van der Waals surface area contributed by atoms with Crippen LogP contribution >= 0.6 is 0 Å². The molecule has 8 nitrogen and oxygen atoms in total. The van der Waals surface area contributed by atoms with E-state index in [4.69, 9.17) is 4.74 Å². The van der Waals surface area contributed by atoms with Gasteiger partial charge in [0, 0.05) is 18.5 Å². The number of benzene rings is 2. The second-order valence-electron chi connectivity index (χ2n) is 8.60. The molecule has 35 heavy (non-hydrogen) atoms. The van der Waals surface area contributed by atoms with Crippen LogP contribution < -0.4 is 5.56 Å². The average molecular weight is 478 g/mol. The first kappa shape index (κ1) is 25.7. The molecule has 3 aromatic rings. The van der Waals surface area contributed by atoms with Crippen molar-refractivity contribution < 1.29 is 19.1 Å². The quantitative estimate of drug-likeness (QED) is 0.334. The van der Waals surface area contributed by atoms with Gasteiger partial charge in [-0.1, -0.05) is 62.4 Å². The van der Waals surface area contributed by atoms with Crippen LogP contribution in [0.3, 0.4) is 0 Å². The molecule has 0 spiro atoms. The molecule has 0 unspecified atom stereocenters. The second-order valence-corrected chi connectivity index (χ2v) is 8.60. The molecule has 2 aromatic carbocycles. The molecule has 1 N–H and O–H groups in total. The summed E-state index contributed by atoms with van der Waals surface area (Å²) < 4.78 is 6.24. The Kier molecular flexibility index (Phi) is 8.78. The summed E-state index contributed by atoms with van der Waals surface area (Å²) in [5.41, 5.74) is 1.19. The third kappa shape index (κ3) is 6.56. The van der Waals surface area contributed by atoms with Crippen molar-refractivity contribution in [3.63, 3.8) is 0 Å². The van der Waals surface area contributed by atoms with Crippen LogP contribution in [0.2, 0.25) is 0 Å². The van der Waals surface area contributed by atoms with E-state index in [0.717, 1.165) is 0 Å². The van der Waals surface area contributed by atoms with Crippen molar-refractivity contribution in [2.75, 3.05) is 19.7 Å². The van der Waals surface area contributed by atoms with E-state index in [9.17, 15) is 19.2 Å². The zero-order valence-corrected chi connectivity index (χ0v) is 20.3. The molecule has 0 aliphatic carbocycles. The average Bonchev–Trinajstić information content (AvgIpc) is 3.20. The van der Waals surface area contributed by atoms with Crippen LogP contribution in [0, 0.1) is 5.92 Å². The van der Waals surface area contributed by atoms with Gasteiger partial charge in [0.1, 0.15) is 5.56 Å². The lowest BCUT2D eigenvalue weighted by molar-refractivity contribution is -0.145.